The van der Waals surface area contributed by atoms with E-state index in [2.05, 4.69) is 24.2 Å². The van der Waals surface area contributed by atoms with Gasteiger partial charge in [-0.15, -0.1) is 0 Å². The first-order chi connectivity index (χ1) is 6.24. The largest absolute Gasteiger partial charge is 0.363 e. The van der Waals surface area contributed by atoms with Crippen LogP contribution in [-0.4, -0.2) is 49.8 Å². The lowest BCUT2D eigenvalue weighted by Crippen LogP contribution is -3.12. The van der Waals surface area contributed by atoms with Crippen LogP contribution in [0, 0.1) is 0 Å². The number of thiocarbonyl (C=S) groups is 1. The van der Waals surface area contributed by atoms with Crippen molar-refractivity contribution in [3.05, 3.63) is 0 Å². The molecule has 0 unspecified atom stereocenters. The van der Waals surface area contributed by atoms with Crippen molar-refractivity contribution in [3.8, 4) is 0 Å². The molecule has 0 radical (unpaired) electrons. The number of hydrogen-bond acceptors (Lipinski definition) is 1. The van der Waals surface area contributed by atoms with Crippen molar-refractivity contribution in [2.75, 3.05) is 39.8 Å². The van der Waals surface area contributed by atoms with Gasteiger partial charge in [-0.05, 0) is 18.6 Å². The standard InChI is InChI=1S/C9H19N3S/c1-3-4-10-9(13)12-7-5-11(2)6-8-12/h3-8H2,1-2H3,(H,10,13)/p+1. The predicted molar refractivity (Wildman–Crippen MR) is 59.1 cm³/mol. The molecule has 0 spiro atoms. The second kappa shape index (κ2) is 5.40. The van der Waals surface area contributed by atoms with Gasteiger partial charge >= 0.3 is 0 Å². The van der Waals surface area contributed by atoms with Crippen molar-refractivity contribution in [1.29, 1.82) is 0 Å². The average molecular weight is 202 g/mol. The summed E-state index contributed by atoms with van der Waals surface area (Å²) in [5, 5.41) is 4.20. The highest BCUT2D eigenvalue weighted by atomic mass is 32.1. The Morgan fingerprint density at radius 1 is 1.46 bits per heavy atom. The third-order valence-corrected chi connectivity index (χ3v) is 2.83. The van der Waals surface area contributed by atoms with Gasteiger partial charge in [-0.25, -0.2) is 0 Å². The number of likely N-dealkylation sites (N-methyl/N-ethyl adjacent to an activating group) is 1. The molecule has 1 aliphatic rings. The molecule has 0 aromatic rings. The van der Waals surface area contributed by atoms with E-state index in [4.69, 9.17) is 12.2 Å². The Balaban J connectivity index is 2.23. The van der Waals surface area contributed by atoms with E-state index in [0.717, 1.165) is 31.2 Å². The molecular formula is C9H20N3S+. The normalized spacial score (nSPS) is 18.8. The fourth-order valence-electron chi connectivity index (χ4n) is 1.44. The van der Waals surface area contributed by atoms with Crippen LogP contribution in [0.25, 0.3) is 0 Å². The first-order valence-corrected chi connectivity index (χ1v) is 5.49. The van der Waals surface area contributed by atoms with E-state index in [1.54, 1.807) is 4.90 Å². The minimum atomic E-state index is 0.939. The van der Waals surface area contributed by atoms with E-state index in [0.29, 0.717) is 0 Å². The number of hydrogen-bond donors (Lipinski definition) is 2. The summed E-state index contributed by atoms with van der Waals surface area (Å²) in [5.74, 6) is 0. The zero-order valence-electron chi connectivity index (χ0n) is 8.60. The molecule has 0 amide bonds. The molecule has 1 heterocycles. The van der Waals surface area contributed by atoms with Crippen LogP contribution < -0.4 is 10.2 Å². The van der Waals surface area contributed by atoms with Gasteiger partial charge in [-0.2, -0.15) is 0 Å². The van der Waals surface area contributed by atoms with Crippen LogP contribution >= 0.6 is 12.2 Å². The highest BCUT2D eigenvalue weighted by Gasteiger charge is 2.17. The lowest BCUT2D eigenvalue weighted by Gasteiger charge is -2.31. The molecule has 2 N–H and O–H groups in total. The summed E-state index contributed by atoms with van der Waals surface area (Å²) in [6.45, 7) is 7.76. The Morgan fingerprint density at radius 2 is 2.08 bits per heavy atom. The Hall–Kier alpha value is -0.350. The van der Waals surface area contributed by atoms with Crippen LogP contribution in [0.2, 0.25) is 0 Å². The Bertz CT molecular complexity index is 164. The second-order valence-corrected chi connectivity index (χ2v) is 4.06. The minimum Gasteiger partial charge on any atom is -0.363 e. The van der Waals surface area contributed by atoms with E-state index < -0.39 is 0 Å². The van der Waals surface area contributed by atoms with Crippen LogP contribution in [0.1, 0.15) is 13.3 Å². The molecule has 1 rings (SSSR count). The maximum absolute atomic E-state index is 5.28. The molecule has 0 saturated carbocycles. The molecule has 1 aliphatic heterocycles. The number of piperazine rings is 1. The highest BCUT2D eigenvalue weighted by Crippen LogP contribution is 1.90. The fourth-order valence-corrected chi connectivity index (χ4v) is 1.72. The lowest BCUT2D eigenvalue weighted by atomic mass is 10.3. The maximum atomic E-state index is 5.28. The first kappa shape index (κ1) is 10.7. The quantitative estimate of drug-likeness (QED) is 0.566. The van der Waals surface area contributed by atoms with Crippen molar-refractivity contribution in [2.24, 2.45) is 0 Å². The van der Waals surface area contributed by atoms with Crippen LogP contribution in [0.3, 0.4) is 0 Å². The van der Waals surface area contributed by atoms with Gasteiger partial charge in [0.15, 0.2) is 5.11 Å². The molecular weight excluding hydrogens is 182 g/mol. The molecule has 3 nitrogen and oxygen atoms in total. The molecule has 4 heteroatoms. The highest BCUT2D eigenvalue weighted by molar-refractivity contribution is 7.80. The number of nitrogens with zero attached hydrogens (tertiary/aromatic N) is 1. The maximum Gasteiger partial charge on any atom is 0.169 e. The van der Waals surface area contributed by atoms with Crippen molar-refractivity contribution >= 4 is 17.3 Å². The molecule has 0 aromatic carbocycles. The zero-order valence-corrected chi connectivity index (χ0v) is 9.41. The fraction of sp³-hybridized carbons (Fsp3) is 0.889. The summed E-state index contributed by atoms with van der Waals surface area (Å²) in [5.41, 5.74) is 0. The van der Waals surface area contributed by atoms with Crippen LogP contribution in [0.15, 0.2) is 0 Å². The average Bonchev–Trinajstić information content (AvgIpc) is 2.15. The summed E-state index contributed by atoms with van der Waals surface area (Å²) < 4.78 is 0. The molecule has 76 valence electrons. The van der Waals surface area contributed by atoms with Gasteiger partial charge in [-0.3, -0.25) is 0 Å². The third-order valence-electron chi connectivity index (χ3n) is 2.43. The molecule has 0 aromatic heterocycles. The van der Waals surface area contributed by atoms with Crippen molar-refractivity contribution in [3.63, 3.8) is 0 Å². The monoisotopic (exact) mass is 202 g/mol. The SMILES string of the molecule is CCCNC(=S)N1CC[NH+](C)CC1. The minimum absolute atomic E-state index is 0.939. The molecule has 1 saturated heterocycles. The molecule has 0 aliphatic carbocycles. The van der Waals surface area contributed by atoms with Gasteiger partial charge in [0.1, 0.15) is 0 Å². The van der Waals surface area contributed by atoms with Gasteiger partial charge in [0, 0.05) is 6.54 Å². The van der Waals surface area contributed by atoms with E-state index >= 15 is 0 Å². The van der Waals surface area contributed by atoms with Crippen molar-refractivity contribution < 1.29 is 4.90 Å². The lowest BCUT2D eigenvalue weighted by molar-refractivity contribution is -0.883. The number of quaternary nitrogens is 1. The molecule has 1 fully saturated rings. The van der Waals surface area contributed by atoms with Gasteiger partial charge in [0.25, 0.3) is 0 Å². The zero-order chi connectivity index (χ0) is 9.68. The van der Waals surface area contributed by atoms with Gasteiger partial charge < -0.3 is 15.1 Å². The van der Waals surface area contributed by atoms with Crippen LogP contribution in [0.5, 0.6) is 0 Å². The van der Waals surface area contributed by atoms with Crippen LogP contribution in [-0.2, 0) is 0 Å². The second-order valence-electron chi connectivity index (χ2n) is 3.68. The molecule has 13 heavy (non-hydrogen) atoms. The summed E-state index contributed by atoms with van der Waals surface area (Å²) in [6, 6.07) is 0. The summed E-state index contributed by atoms with van der Waals surface area (Å²) in [7, 11) is 2.24. The predicted octanol–water partition coefficient (Wildman–Crippen LogP) is -0.899. The summed E-state index contributed by atoms with van der Waals surface area (Å²) in [6.07, 6.45) is 1.14. The van der Waals surface area contributed by atoms with Gasteiger partial charge in [-0.1, -0.05) is 6.92 Å². The van der Waals surface area contributed by atoms with E-state index in [-0.39, 0.29) is 0 Å². The molecule has 0 atom stereocenters. The number of nitrogens with one attached hydrogen (secondary N) is 2. The summed E-state index contributed by atoms with van der Waals surface area (Å²) in [4.78, 5) is 3.88. The smallest absolute Gasteiger partial charge is 0.169 e. The summed E-state index contributed by atoms with van der Waals surface area (Å²) >= 11 is 5.28. The van der Waals surface area contributed by atoms with Crippen molar-refractivity contribution in [2.45, 2.75) is 13.3 Å². The molecule has 0 bridgehead atoms. The Morgan fingerprint density at radius 3 is 2.62 bits per heavy atom. The van der Waals surface area contributed by atoms with E-state index in [1.807, 2.05) is 0 Å². The van der Waals surface area contributed by atoms with Gasteiger partial charge in [0.05, 0.1) is 33.2 Å². The topological polar surface area (TPSA) is 19.7 Å². The van der Waals surface area contributed by atoms with E-state index in [9.17, 15) is 0 Å². The third kappa shape index (κ3) is 3.48. The number of rotatable bonds is 2. The van der Waals surface area contributed by atoms with Crippen molar-refractivity contribution in [1.82, 2.24) is 10.2 Å². The first-order valence-electron chi connectivity index (χ1n) is 5.08. The van der Waals surface area contributed by atoms with Gasteiger partial charge in [0.2, 0.25) is 0 Å². The van der Waals surface area contributed by atoms with Crippen LogP contribution in [0.4, 0.5) is 0 Å². The Labute approximate surface area is 86.1 Å². The van der Waals surface area contributed by atoms with E-state index in [1.165, 1.54) is 13.1 Å². The Kier molecular flexibility index (Phi) is 4.45.